The molecule has 0 spiro atoms. The van der Waals surface area contributed by atoms with E-state index in [4.69, 9.17) is 14.7 Å². The molecule has 1 aromatic heterocycles. The van der Waals surface area contributed by atoms with Gasteiger partial charge in [-0.25, -0.2) is 19.2 Å². The van der Waals surface area contributed by atoms with Crippen molar-refractivity contribution in [3.63, 3.8) is 0 Å². The number of aromatic nitrogens is 2. The number of benzene rings is 2. The van der Waals surface area contributed by atoms with Crippen molar-refractivity contribution < 1.29 is 13.9 Å². The third kappa shape index (κ3) is 4.93. The van der Waals surface area contributed by atoms with Crippen molar-refractivity contribution in [1.29, 1.82) is 0 Å². The molecule has 3 aromatic rings. The monoisotopic (exact) mass is 409 g/mol. The van der Waals surface area contributed by atoms with Crippen molar-refractivity contribution >= 4 is 22.8 Å². The molecular formula is C24H28FN3O2. The highest BCUT2D eigenvalue weighted by atomic mass is 19.1. The van der Waals surface area contributed by atoms with Gasteiger partial charge in [0.25, 0.3) is 0 Å². The van der Waals surface area contributed by atoms with E-state index < -0.39 is 0 Å². The predicted molar refractivity (Wildman–Crippen MR) is 118 cm³/mol. The van der Waals surface area contributed by atoms with Crippen molar-refractivity contribution in [3.8, 4) is 11.3 Å². The molecule has 6 heteroatoms. The molecule has 0 amide bonds. The Morgan fingerprint density at radius 1 is 1.03 bits per heavy atom. The lowest BCUT2D eigenvalue weighted by molar-refractivity contribution is 0.0488. The number of hydrogen-bond acceptors (Lipinski definition) is 5. The maximum absolute atomic E-state index is 13.4. The first-order valence-corrected chi connectivity index (χ1v) is 10.2. The lowest BCUT2D eigenvalue weighted by Gasteiger charge is -2.25. The lowest BCUT2D eigenvalue weighted by Crippen LogP contribution is -2.27. The second-order valence-corrected chi connectivity index (χ2v) is 8.13. The average molecular weight is 410 g/mol. The number of hydrogen-bond donors (Lipinski definition) is 0. The van der Waals surface area contributed by atoms with Gasteiger partial charge in [0.1, 0.15) is 11.5 Å². The molecule has 0 saturated carbocycles. The third-order valence-electron chi connectivity index (χ3n) is 5.04. The highest BCUT2D eigenvalue weighted by Gasteiger charge is 2.18. The van der Waals surface area contributed by atoms with Gasteiger partial charge < -0.3 is 9.64 Å². The fourth-order valence-corrected chi connectivity index (χ4v) is 2.93. The molecule has 0 fully saturated rings. The number of ether oxygens (including phenoxy) is 1. The lowest BCUT2D eigenvalue weighted by atomic mass is 10.1. The van der Waals surface area contributed by atoms with Crippen LogP contribution in [0.4, 0.5) is 10.2 Å². The van der Waals surface area contributed by atoms with Gasteiger partial charge in [-0.15, -0.1) is 0 Å². The van der Waals surface area contributed by atoms with Crippen LogP contribution >= 0.6 is 0 Å². The molecule has 0 aliphatic rings. The van der Waals surface area contributed by atoms with Crippen LogP contribution in [0.25, 0.3) is 22.3 Å². The number of anilines is 1. The quantitative estimate of drug-likeness (QED) is 0.484. The Bertz CT molecular complexity index is 1030. The zero-order valence-electron chi connectivity index (χ0n) is 18.1. The number of carbonyl (C=O) groups excluding carboxylic acids is 1. The van der Waals surface area contributed by atoms with Crippen LogP contribution in [-0.2, 0) is 4.74 Å². The minimum absolute atomic E-state index is 0.181. The van der Waals surface area contributed by atoms with Crippen molar-refractivity contribution in [1.82, 2.24) is 9.97 Å². The number of esters is 1. The van der Waals surface area contributed by atoms with E-state index in [1.807, 2.05) is 11.9 Å². The molecule has 0 aliphatic carbocycles. The summed E-state index contributed by atoms with van der Waals surface area (Å²) in [4.78, 5) is 24.0. The van der Waals surface area contributed by atoms with E-state index in [0.29, 0.717) is 40.6 Å². The predicted octanol–water partition coefficient (Wildman–Crippen LogP) is 5.48. The Morgan fingerprint density at radius 3 is 2.37 bits per heavy atom. The highest BCUT2D eigenvalue weighted by Crippen LogP contribution is 2.30. The molecule has 30 heavy (non-hydrogen) atoms. The largest absolute Gasteiger partial charge is 0.462 e. The summed E-state index contributed by atoms with van der Waals surface area (Å²) >= 11 is 0. The fraction of sp³-hybridized carbons (Fsp3) is 0.375. The summed E-state index contributed by atoms with van der Waals surface area (Å²) in [5.41, 5.74) is 3.18. The van der Waals surface area contributed by atoms with Crippen LogP contribution in [0.3, 0.4) is 0 Å². The van der Waals surface area contributed by atoms with Crippen molar-refractivity contribution in [3.05, 3.63) is 53.8 Å². The van der Waals surface area contributed by atoms with Crippen LogP contribution in [0.1, 0.15) is 44.5 Å². The van der Waals surface area contributed by atoms with Crippen molar-refractivity contribution in [2.45, 2.75) is 40.2 Å². The third-order valence-corrected chi connectivity index (χ3v) is 5.04. The van der Waals surface area contributed by atoms with Crippen LogP contribution in [-0.4, -0.2) is 35.6 Å². The van der Waals surface area contributed by atoms with E-state index in [-0.39, 0.29) is 17.8 Å². The molecule has 5 nitrogen and oxygen atoms in total. The van der Waals surface area contributed by atoms with E-state index in [0.717, 1.165) is 12.0 Å². The molecule has 0 N–H and O–H groups in total. The van der Waals surface area contributed by atoms with Crippen LogP contribution in [0, 0.1) is 11.7 Å². The summed E-state index contributed by atoms with van der Waals surface area (Å²) in [6.07, 6.45) is 0.823. The van der Waals surface area contributed by atoms with Crippen LogP contribution < -0.4 is 4.90 Å². The Morgan fingerprint density at radius 2 is 1.73 bits per heavy atom. The first kappa shape index (κ1) is 21.7. The van der Waals surface area contributed by atoms with E-state index >= 15 is 0 Å². The molecular weight excluding hydrogens is 381 g/mol. The zero-order valence-corrected chi connectivity index (χ0v) is 18.1. The first-order valence-electron chi connectivity index (χ1n) is 10.2. The Kier molecular flexibility index (Phi) is 6.65. The fourth-order valence-electron chi connectivity index (χ4n) is 2.93. The summed E-state index contributed by atoms with van der Waals surface area (Å²) < 4.78 is 18.8. The minimum atomic E-state index is -0.360. The van der Waals surface area contributed by atoms with Crippen molar-refractivity contribution in [2.75, 3.05) is 18.6 Å². The first-order chi connectivity index (χ1) is 14.3. The van der Waals surface area contributed by atoms with E-state index in [1.54, 1.807) is 30.3 Å². The molecule has 3 rings (SSSR count). The zero-order chi connectivity index (χ0) is 21.8. The van der Waals surface area contributed by atoms with Gasteiger partial charge in [-0.1, -0.05) is 13.8 Å². The van der Waals surface area contributed by atoms with Crippen LogP contribution in [0.5, 0.6) is 0 Å². The summed E-state index contributed by atoms with van der Waals surface area (Å²) in [7, 11) is 1.94. The van der Waals surface area contributed by atoms with E-state index in [1.165, 1.54) is 12.1 Å². The molecule has 0 bridgehead atoms. The number of carbonyl (C=O) groups is 1. The van der Waals surface area contributed by atoms with Gasteiger partial charge in [0.2, 0.25) is 0 Å². The van der Waals surface area contributed by atoms with E-state index in [2.05, 4.69) is 27.7 Å². The van der Waals surface area contributed by atoms with Crippen molar-refractivity contribution in [2.24, 2.45) is 5.92 Å². The highest BCUT2D eigenvalue weighted by molar-refractivity contribution is 5.94. The number of fused-ring (bicyclic) bond motifs is 1. The Hall–Kier alpha value is -3.02. The van der Waals surface area contributed by atoms with Gasteiger partial charge in [-0.05, 0) is 68.7 Å². The second kappa shape index (κ2) is 9.20. The van der Waals surface area contributed by atoms with Crippen LogP contribution in [0.15, 0.2) is 42.5 Å². The molecule has 0 radical (unpaired) electrons. The number of nitrogens with zero attached hydrogens (tertiary/aromatic N) is 3. The van der Waals surface area contributed by atoms with Gasteiger partial charge in [0.05, 0.1) is 23.2 Å². The smallest absolute Gasteiger partial charge is 0.338 e. The maximum atomic E-state index is 13.4. The normalized spacial score (nSPS) is 11.3. The van der Waals surface area contributed by atoms with E-state index in [9.17, 15) is 9.18 Å². The summed E-state index contributed by atoms with van der Waals surface area (Å²) in [5, 5.41) is 0. The Balaban J connectivity index is 2.02. The molecule has 0 saturated heterocycles. The minimum Gasteiger partial charge on any atom is -0.462 e. The average Bonchev–Trinajstić information content (AvgIpc) is 2.72. The summed E-state index contributed by atoms with van der Waals surface area (Å²) in [5.74, 6) is 0.487. The van der Waals surface area contributed by atoms with Gasteiger partial charge in [-0.2, -0.15) is 0 Å². The summed E-state index contributed by atoms with van der Waals surface area (Å²) in [6, 6.07) is 11.6. The van der Waals surface area contributed by atoms with Gasteiger partial charge in [0.15, 0.2) is 5.82 Å². The SMILES string of the molecule is CC(C)CCOC(=O)c1ccc2nc(-c3ccc(F)cc3)c(N(C)C(C)C)nc2c1. The van der Waals surface area contributed by atoms with Gasteiger partial charge in [-0.3, -0.25) is 0 Å². The van der Waals surface area contributed by atoms with Gasteiger partial charge >= 0.3 is 5.97 Å². The molecule has 158 valence electrons. The number of halogens is 1. The molecule has 2 aromatic carbocycles. The summed E-state index contributed by atoms with van der Waals surface area (Å²) in [6.45, 7) is 8.69. The second-order valence-electron chi connectivity index (χ2n) is 8.13. The maximum Gasteiger partial charge on any atom is 0.338 e. The molecule has 0 aliphatic heterocycles. The molecule has 0 unspecified atom stereocenters. The van der Waals surface area contributed by atoms with Crippen LogP contribution in [0.2, 0.25) is 0 Å². The number of rotatable bonds is 7. The molecule has 0 atom stereocenters. The standard InChI is InChI=1S/C24H28FN3O2/c1-15(2)12-13-30-24(29)18-8-11-20-21(14-18)27-23(28(5)16(3)4)22(26-20)17-6-9-19(25)10-7-17/h6-11,14-16H,12-13H2,1-5H3. The molecule has 1 heterocycles. The Labute approximate surface area is 176 Å². The van der Waals surface area contributed by atoms with Gasteiger partial charge in [0, 0.05) is 18.7 Å². The topological polar surface area (TPSA) is 55.3 Å².